The molecule has 78 valence electrons. The van der Waals surface area contributed by atoms with Crippen LogP contribution in [0.1, 0.15) is 4.88 Å². The smallest absolute Gasteiger partial charge is 0.225 e. The standard InChI is InChI=1S/C10H11N3OS/c1-6-2-8-9(14-7-3-11-4-7)12-5-13-10(8)15-6/h2,5,7,11H,3-4H2,1H3. The van der Waals surface area contributed by atoms with E-state index in [1.165, 1.54) is 4.88 Å². The van der Waals surface area contributed by atoms with Crippen molar-refractivity contribution in [3.63, 3.8) is 0 Å². The zero-order valence-electron chi connectivity index (χ0n) is 8.36. The first-order valence-electron chi connectivity index (χ1n) is 4.91. The maximum Gasteiger partial charge on any atom is 0.225 e. The average molecular weight is 221 g/mol. The Morgan fingerprint density at radius 1 is 1.47 bits per heavy atom. The Kier molecular flexibility index (Phi) is 2.07. The highest BCUT2D eigenvalue weighted by molar-refractivity contribution is 7.18. The number of rotatable bonds is 2. The predicted molar refractivity (Wildman–Crippen MR) is 59.4 cm³/mol. The second-order valence-electron chi connectivity index (χ2n) is 3.65. The van der Waals surface area contributed by atoms with Gasteiger partial charge in [0.15, 0.2) is 0 Å². The van der Waals surface area contributed by atoms with Crippen LogP contribution in [0, 0.1) is 6.92 Å². The van der Waals surface area contributed by atoms with E-state index in [1.807, 2.05) is 0 Å². The minimum absolute atomic E-state index is 0.267. The quantitative estimate of drug-likeness (QED) is 0.831. The first kappa shape index (κ1) is 9.06. The Labute approximate surface area is 91.3 Å². The third-order valence-corrected chi connectivity index (χ3v) is 3.40. The van der Waals surface area contributed by atoms with Crippen molar-refractivity contribution < 1.29 is 4.74 Å². The maximum absolute atomic E-state index is 5.77. The Morgan fingerprint density at radius 2 is 2.33 bits per heavy atom. The number of aryl methyl sites for hydroxylation is 1. The van der Waals surface area contributed by atoms with Gasteiger partial charge >= 0.3 is 0 Å². The van der Waals surface area contributed by atoms with Crippen molar-refractivity contribution in [3.8, 4) is 5.88 Å². The lowest BCUT2D eigenvalue weighted by atomic mass is 10.2. The van der Waals surface area contributed by atoms with E-state index in [2.05, 4.69) is 28.3 Å². The normalized spacial score (nSPS) is 16.6. The van der Waals surface area contributed by atoms with Crippen LogP contribution in [-0.4, -0.2) is 29.2 Å². The first-order valence-corrected chi connectivity index (χ1v) is 5.73. The fourth-order valence-electron chi connectivity index (χ4n) is 1.55. The molecule has 2 aromatic rings. The molecular weight excluding hydrogens is 210 g/mol. The van der Waals surface area contributed by atoms with Gasteiger partial charge in [0.05, 0.1) is 5.39 Å². The number of fused-ring (bicyclic) bond motifs is 1. The number of hydrogen-bond acceptors (Lipinski definition) is 5. The number of nitrogens with one attached hydrogen (secondary N) is 1. The Morgan fingerprint density at radius 3 is 3.07 bits per heavy atom. The van der Waals surface area contributed by atoms with Gasteiger partial charge in [-0.1, -0.05) is 0 Å². The lowest BCUT2D eigenvalue weighted by Crippen LogP contribution is -2.50. The van der Waals surface area contributed by atoms with E-state index >= 15 is 0 Å². The summed E-state index contributed by atoms with van der Waals surface area (Å²) in [6, 6.07) is 2.08. The number of aromatic nitrogens is 2. The van der Waals surface area contributed by atoms with Crippen molar-refractivity contribution in [2.24, 2.45) is 0 Å². The molecule has 0 aliphatic carbocycles. The van der Waals surface area contributed by atoms with Gasteiger partial charge in [0, 0.05) is 18.0 Å². The van der Waals surface area contributed by atoms with E-state index in [0.717, 1.165) is 29.2 Å². The van der Waals surface area contributed by atoms with E-state index in [-0.39, 0.29) is 6.10 Å². The van der Waals surface area contributed by atoms with Crippen molar-refractivity contribution >= 4 is 21.6 Å². The average Bonchev–Trinajstić information content (AvgIpc) is 2.52. The van der Waals surface area contributed by atoms with Crippen LogP contribution < -0.4 is 10.1 Å². The Balaban J connectivity index is 2.00. The fraction of sp³-hybridized carbons (Fsp3) is 0.400. The zero-order chi connectivity index (χ0) is 10.3. The van der Waals surface area contributed by atoms with Crippen molar-refractivity contribution in [2.75, 3.05) is 13.1 Å². The molecule has 0 amide bonds. The molecule has 1 saturated heterocycles. The van der Waals surface area contributed by atoms with E-state index in [1.54, 1.807) is 17.7 Å². The summed E-state index contributed by atoms with van der Waals surface area (Å²) in [5, 5.41) is 4.20. The highest BCUT2D eigenvalue weighted by atomic mass is 32.1. The summed E-state index contributed by atoms with van der Waals surface area (Å²) >= 11 is 1.67. The van der Waals surface area contributed by atoms with E-state index in [9.17, 15) is 0 Å². The molecule has 3 rings (SSSR count). The Hall–Kier alpha value is -1.20. The van der Waals surface area contributed by atoms with Gasteiger partial charge in [0.25, 0.3) is 0 Å². The third kappa shape index (κ3) is 1.57. The van der Waals surface area contributed by atoms with Crippen LogP contribution in [0.25, 0.3) is 10.2 Å². The van der Waals surface area contributed by atoms with Gasteiger partial charge in [-0.05, 0) is 13.0 Å². The molecule has 15 heavy (non-hydrogen) atoms. The van der Waals surface area contributed by atoms with E-state index in [0.29, 0.717) is 0 Å². The summed E-state index contributed by atoms with van der Waals surface area (Å²) in [5.74, 6) is 0.718. The topological polar surface area (TPSA) is 47.0 Å². The van der Waals surface area contributed by atoms with Gasteiger partial charge in [-0.25, -0.2) is 9.97 Å². The van der Waals surface area contributed by atoms with Crippen LogP contribution in [0.4, 0.5) is 0 Å². The third-order valence-electron chi connectivity index (χ3n) is 2.44. The van der Waals surface area contributed by atoms with Gasteiger partial charge in [-0.15, -0.1) is 11.3 Å². The van der Waals surface area contributed by atoms with Gasteiger partial charge in [0.2, 0.25) is 5.88 Å². The van der Waals surface area contributed by atoms with Gasteiger partial charge in [-0.2, -0.15) is 0 Å². The highest BCUT2D eigenvalue weighted by Crippen LogP contribution is 2.29. The molecule has 2 aromatic heterocycles. The number of ether oxygens (including phenoxy) is 1. The van der Waals surface area contributed by atoms with Crippen LogP contribution in [0.15, 0.2) is 12.4 Å². The van der Waals surface area contributed by atoms with Crippen LogP contribution in [-0.2, 0) is 0 Å². The monoisotopic (exact) mass is 221 g/mol. The molecule has 0 unspecified atom stereocenters. The summed E-state index contributed by atoms with van der Waals surface area (Å²) < 4.78 is 5.77. The molecule has 5 heteroatoms. The summed E-state index contributed by atoms with van der Waals surface area (Å²) in [6.07, 6.45) is 1.84. The lowest BCUT2D eigenvalue weighted by molar-refractivity contribution is 0.138. The largest absolute Gasteiger partial charge is 0.471 e. The molecule has 0 saturated carbocycles. The number of hydrogen-bond donors (Lipinski definition) is 1. The number of nitrogens with zero attached hydrogens (tertiary/aromatic N) is 2. The first-order chi connectivity index (χ1) is 7.33. The molecule has 0 radical (unpaired) electrons. The fourth-order valence-corrected chi connectivity index (χ4v) is 2.39. The maximum atomic E-state index is 5.77. The van der Waals surface area contributed by atoms with E-state index in [4.69, 9.17) is 4.74 Å². The van der Waals surface area contributed by atoms with Crippen LogP contribution >= 0.6 is 11.3 Å². The zero-order valence-corrected chi connectivity index (χ0v) is 9.17. The lowest BCUT2D eigenvalue weighted by Gasteiger charge is -2.27. The van der Waals surface area contributed by atoms with Crippen LogP contribution in [0.3, 0.4) is 0 Å². The predicted octanol–water partition coefficient (Wildman–Crippen LogP) is 1.35. The molecule has 0 spiro atoms. The number of thiophene rings is 1. The van der Waals surface area contributed by atoms with Gasteiger partial charge in [0.1, 0.15) is 17.3 Å². The Bertz CT molecular complexity index is 492. The molecule has 1 N–H and O–H groups in total. The molecule has 1 fully saturated rings. The molecule has 4 nitrogen and oxygen atoms in total. The second kappa shape index (κ2) is 3.43. The molecule has 0 aromatic carbocycles. The summed E-state index contributed by atoms with van der Waals surface area (Å²) in [7, 11) is 0. The van der Waals surface area contributed by atoms with Crippen LogP contribution in [0.5, 0.6) is 5.88 Å². The van der Waals surface area contributed by atoms with Gasteiger partial charge < -0.3 is 10.1 Å². The van der Waals surface area contributed by atoms with Crippen molar-refractivity contribution in [1.29, 1.82) is 0 Å². The summed E-state index contributed by atoms with van der Waals surface area (Å²) in [6.45, 7) is 3.89. The molecular formula is C10H11N3OS. The molecule has 0 bridgehead atoms. The molecule has 3 heterocycles. The SMILES string of the molecule is Cc1cc2c(OC3CNC3)ncnc2s1. The minimum atomic E-state index is 0.267. The van der Waals surface area contributed by atoms with E-state index < -0.39 is 0 Å². The van der Waals surface area contributed by atoms with Crippen molar-refractivity contribution in [2.45, 2.75) is 13.0 Å². The summed E-state index contributed by atoms with van der Waals surface area (Å²) in [5.41, 5.74) is 0. The van der Waals surface area contributed by atoms with Gasteiger partial charge in [-0.3, -0.25) is 0 Å². The second-order valence-corrected chi connectivity index (χ2v) is 4.89. The molecule has 0 atom stereocenters. The van der Waals surface area contributed by atoms with Crippen LogP contribution in [0.2, 0.25) is 0 Å². The molecule has 1 aliphatic rings. The summed E-state index contributed by atoms with van der Waals surface area (Å²) in [4.78, 5) is 10.7. The molecule has 1 aliphatic heterocycles. The van der Waals surface area contributed by atoms with Crippen molar-refractivity contribution in [1.82, 2.24) is 15.3 Å². The minimum Gasteiger partial charge on any atom is -0.471 e. The van der Waals surface area contributed by atoms with Crippen molar-refractivity contribution in [3.05, 3.63) is 17.3 Å². The highest BCUT2D eigenvalue weighted by Gasteiger charge is 2.20.